The highest BCUT2D eigenvalue weighted by Crippen LogP contribution is 2.45. The Morgan fingerprint density at radius 1 is 0.683 bits per heavy atom. The van der Waals surface area contributed by atoms with Crippen LogP contribution in [0.15, 0.2) is 58.7 Å². The average molecular weight is 582 g/mol. The number of hydrazone groups is 2. The van der Waals surface area contributed by atoms with Crippen molar-refractivity contribution in [1.82, 2.24) is 0 Å². The number of anilines is 2. The van der Waals surface area contributed by atoms with Gasteiger partial charge in [0.25, 0.3) is 0 Å². The molecule has 0 spiro atoms. The minimum atomic E-state index is -2.45. The second-order valence-electron chi connectivity index (χ2n) is 8.14. The van der Waals surface area contributed by atoms with Gasteiger partial charge in [-0.3, -0.25) is 5.43 Å². The number of amidine groups is 1. The van der Waals surface area contributed by atoms with Crippen LogP contribution in [0.2, 0.25) is 0 Å². The Hall–Kier alpha value is -5.21. The first kappa shape index (κ1) is 27.4. The molecule has 210 valence electrons. The predicted molar refractivity (Wildman–Crippen MR) is 127 cm³/mol. The summed E-state index contributed by atoms with van der Waals surface area (Å²) < 4.78 is 134. The number of nitrogens with zero attached hydrogens (tertiary/aromatic N) is 3. The van der Waals surface area contributed by atoms with E-state index in [9.17, 15) is 40.2 Å². The van der Waals surface area contributed by atoms with E-state index in [1.165, 1.54) is 42.5 Å². The third-order valence-corrected chi connectivity index (χ3v) is 5.69. The van der Waals surface area contributed by atoms with Crippen molar-refractivity contribution in [3.8, 4) is 17.2 Å². The van der Waals surface area contributed by atoms with E-state index in [0.29, 0.717) is 5.01 Å². The average Bonchev–Trinajstić information content (AvgIpc) is 3.11. The fourth-order valence-corrected chi connectivity index (χ4v) is 3.70. The lowest BCUT2D eigenvalue weighted by atomic mass is 10.1. The Balaban J connectivity index is 1.80. The second kappa shape index (κ2) is 10.4. The number of rotatable bonds is 4. The summed E-state index contributed by atoms with van der Waals surface area (Å²) in [6.45, 7) is 0. The monoisotopic (exact) mass is 582 g/mol. The number of fused-ring (bicyclic) bond motifs is 2. The topological polar surface area (TPSA) is 69.5 Å². The van der Waals surface area contributed by atoms with Crippen molar-refractivity contribution in [3.63, 3.8) is 0 Å². The van der Waals surface area contributed by atoms with Crippen molar-refractivity contribution in [2.45, 2.75) is 0 Å². The number of benzene rings is 4. The SMILES string of the molecule is Oc1ccccc1/C=N/N1/C(=N/Nc2c(F)c(F)c(F)c(F)c2F)c2ccccc2Oc2c(F)c(F)c(F)c(F)c21. The van der Waals surface area contributed by atoms with Crippen LogP contribution in [0.4, 0.5) is 50.9 Å². The maximum Gasteiger partial charge on any atom is 0.206 e. The fraction of sp³-hybridized carbons (Fsp3) is 0. The molecule has 0 saturated carbocycles. The Morgan fingerprint density at radius 3 is 1.93 bits per heavy atom. The highest BCUT2D eigenvalue weighted by molar-refractivity contribution is 6.13. The largest absolute Gasteiger partial charge is 0.507 e. The highest BCUT2D eigenvalue weighted by atomic mass is 19.2. The van der Waals surface area contributed by atoms with Crippen LogP contribution in [-0.4, -0.2) is 17.2 Å². The number of para-hydroxylation sites is 2. The minimum absolute atomic E-state index is 0.0389. The van der Waals surface area contributed by atoms with E-state index < -0.39 is 81.1 Å². The van der Waals surface area contributed by atoms with E-state index in [2.05, 4.69) is 10.2 Å². The van der Waals surface area contributed by atoms with E-state index in [1.54, 1.807) is 5.43 Å². The molecule has 0 fully saturated rings. The zero-order valence-corrected chi connectivity index (χ0v) is 19.8. The van der Waals surface area contributed by atoms with Crippen LogP contribution in [0.3, 0.4) is 0 Å². The molecule has 41 heavy (non-hydrogen) atoms. The summed E-state index contributed by atoms with van der Waals surface area (Å²) in [6.07, 6.45) is 0.847. The molecule has 0 radical (unpaired) electrons. The van der Waals surface area contributed by atoms with Gasteiger partial charge < -0.3 is 9.84 Å². The zero-order valence-electron chi connectivity index (χ0n) is 19.8. The van der Waals surface area contributed by atoms with Crippen LogP contribution < -0.4 is 15.2 Å². The Morgan fingerprint density at radius 2 is 1.24 bits per heavy atom. The molecule has 4 aromatic rings. The normalized spacial score (nSPS) is 13.7. The molecule has 0 saturated heterocycles. The molecule has 4 aromatic carbocycles. The first-order valence-corrected chi connectivity index (χ1v) is 11.1. The van der Waals surface area contributed by atoms with Gasteiger partial charge in [-0.1, -0.05) is 24.3 Å². The Bertz CT molecular complexity index is 1750. The third-order valence-electron chi connectivity index (χ3n) is 5.69. The van der Waals surface area contributed by atoms with Gasteiger partial charge in [0, 0.05) is 5.56 Å². The van der Waals surface area contributed by atoms with Crippen molar-refractivity contribution < 1.29 is 49.4 Å². The van der Waals surface area contributed by atoms with Gasteiger partial charge in [0.05, 0.1) is 11.8 Å². The molecule has 15 heteroatoms. The molecule has 0 aromatic heterocycles. The standard InChI is InChI=1S/C26H11F9N4O2/c27-14-15(28)19(32)23(20(33)16(14)29)37-38-26-11-6-2-4-8-13(11)41-25-22(35)18(31)17(30)21(34)24(25)39(26)36-9-10-5-1-3-7-12(10)40/h1-9,37,40H/b36-9+,38-26+. The molecular formula is C26H11F9N4O2. The Labute approximate surface area is 223 Å². The lowest BCUT2D eigenvalue weighted by Crippen LogP contribution is -2.29. The van der Waals surface area contributed by atoms with Crippen LogP contribution in [0.25, 0.3) is 0 Å². The van der Waals surface area contributed by atoms with Crippen LogP contribution in [-0.2, 0) is 0 Å². The molecule has 0 amide bonds. The maximum absolute atomic E-state index is 15.2. The molecule has 5 rings (SSSR count). The summed E-state index contributed by atoms with van der Waals surface area (Å²) >= 11 is 0. The van der Waals surface area contributed by atoms with Crippen molar-refractivity contribution in [2.75, 3.05) is 10.4 Å². The third kappa shape index (κ3) is 4.54. The van der Waals surface area contributed by atoms with Crippen LogP contribution >= 0.6 is 0 Å². The van der Waals surface area contributed by atoms with Gasteiger partial charge in [-0.25, -0.2) is 40.1 Å². The number of phenols is 1. The number of phenolic OH excluding ortho intramolecular Hbond substituents is 1. The van der Waals surface area contributed by atoms with Gasteiger partial charge in [-0.2, -0.15) is 14.6 Å². The van der Waals surface area contributed by atoms with Crippen molar-refractivity contribution in [1.29, 1.82) is 0 Å². The van der Waals surface area contributed by atoms with E-state index in [0.717, 1.165) is 12.3 Å². The molecule has 6 nitrogen and oxygen atoms in total. The van der Waals surface area contributed by atoms with Gasteiger partial charge in [0.1, 0.15) is 17.2 Å². The quantitative estimate of drug-likeness (QED) is 0.0889. The van der Waals surface area contributed by atoms with E-state index >= 15 is 4.39 Å². The Kier molecular flexibility index (Phi) is 6.94. The lowest BCUT2D eigenvalue weighted by molar-refractivity contribution is 0.373. The van der Waals surface area contributed by atoms with Crippen LogP contribution in [0, 0.1) is 52.4 Å². The maximum atomic E-state index is 15.2. The molecule has 1 aliphatic heterocycles. The van der Waals surface area contributed by atoms with E-state index in [4.69, 9.17) is 4.74 Å². The number of ether oxygens (including phenoxy) is 1. The smallest absolute Gasteiger partial charge is 0.206 e. The van der Waals surface area contributed by atoms with E-state index in [1.807, 2.05) is 0 Å². The summed E-state index contributed by atoms with van der Waals surface area (Å²) in [6, 6.07) is 10.4. The van der Waals surface area contributed by atoms with Crippen LogP contribution in [0.5, 0.6) is 17.2 Å². The highest BCUT2D eigenvalue weighted by Gasteiger charge is 2.37. The van der Waals surface area contributed by atoms with Crippen molar-refractivity contribution in [3.05, 3.63) is 112 Å². The summed E-state index contributed by atoms with van der Waals surface area (Å²) in [7, 11) is 0. The fourth-order valence-electron chi connectivity index (χ4n) is 3.70. The number of aromatic hydroxyl groups is 1. The summed E-state index contributed by atoms with van der Waals surface area (Å²) in [5.74, 6) is -23.1. The van der Waals surface area contributed by atoms with Crippen molar-refractivity contribution >= 4 is 23.4 Å². The molecular weight excluding hydrogens is 571 g/mol. The predicted octanol–water partition coefficient (Wildman–Crippen LogP) is 7.06. The minimum Gasteiger partial charge on any atom is -0.507 e. The number of hydrogen-bond acceptors (Lipinski definition) is 5. The summed E-state index contributed by atoms with van der Waals surface area (Å²) in [4.78, 5) is 0. The van der Waals surface area contributed by atoms with Crippen molar-refractivity contribution in [2.24, 2.45) is 10.2 Å². The molecule has 0 bridgehead atoms. The molecule has 1 heterocycles. The number of halogens is 9. The number of hydrogen-bond donors (Lipinski definition) is 2. The molecule has 0 unspecified atom stereocenters. The summed E-state index contributed by atoms with van der Waals surface area (Å²) in [5, 5.41) is 17.9. The first-order chi connectivity index (χ1) is 19.5. The van der Waals surface area contributed by atoms with Gasteiger partial charge in [-0.15, -0.1) is 0 Å². The molecule has 0 aliphatic carbocycles. The first-order valence-electron chi connectivity index (χ1n) is 11.1. The van der Waals surface area contributed by atoms with Gasteiger partial charge in [0.15, 0.2) is 52.2 Å². The summed E-state index contributed by atoms with van der Waals surface area (Å²) in [5.41, 5.74) is -1.55. The molecule has 2 N–H and O–H groups in total. The van der Waals surface area contributed by atoms with Gasteiger partial charge >= 0.3 is 0 Å². The molecule has 1 aliphatic rings. The zero-order chi connectivity index (χ0) is 29.6. The molecule has 0 atom stereocenters. The van der Waals surface area contributed by atoms with Gasteiger partial charge in [0.2, 0.25) is 17.5 Å². The van der Waals surface area contributed by atoms with Gasteiger partial charge in [-0.05, 0) is 24.3 Å². The van der Waals surface area contributed by atoms with Crippen LogP contribution in [0.1, 0.15) is 11.1 Å². The van der Waals surface area contributed by atoms with E-state index in [-0.39, 0.29) is 16.9 Å². The number of nitrogens with one attached hydrogen (secondary N) is 1. The second-order valence-corrected chi connectivity index (χ2v) is 8.14. The lowest BCUT2D eigenvalue weighted by Gasteiger charge is -2.21.